The molecule has 2 aliphatic heterocycles. The van der Waals surface area contributed by atoms with Gasteiger partial charge in [0.15, 0.2) is 0 Å². The third-order valence-corrected chi connectivity index (χ3v) is 3.59. The van der Waals surface area contributed by atoms with E-state index in [-0.39, 0.29) is 18.0 Å². The van der Waals surface area contributed by atoms with Gasteiger partial charge in [-0.15, -0.1) is 0 Å². The van der Waals surface area contributed by atoms with Crippen LogP contribution in [0.25, 0.3) is 0 Å². The maximum Gasteiger partial charge on any atom is 0.320 e. The maximum absolute atomic E-state index is 12.4. The molecule has 0 aliphatic carbocycles. The van der Waals surface area contributed by atoms with Crippen LogP contribution in [-0.4, -0.2) is 79.5 Å². The fourth-order valence-corrected chi connectivity index (χ4v) is 2.54. The zero-order valence-electron chi connectivity index (χ0n) is 11.2. The van der Waals surface area contributed by atoms with Crippen molar-refractivity contribution in [2.75, 3.05) is 46.8 Å². The van der Waals surface area contributed by atoms with Crippen LogP contribution < -0.4 is 5.32 Å². The van der Waals surface area contributed by atoms with Gasteiger partial charge in [0.05, 0.1) is 0 Å². The molecule has 102 valence electrons. The molecule has 1 N–H and O–H groups in total. The number of hydrogen-bond donors (Lipinski definition) is 1. The van der Waals surface area contributed by atoms with Gasteiger partial charge >= 0.3 is 6.03 Å². The van der Waals surface area contributed by atoms with Crippen LogP contribution >= 0.6 is 0 Å². The monoisotopic (exact) mass is 254 g/mol. The second kappa shape index (κ2) is 5.56. The highest BCUT2D eigenvalue weighted by Crippen LogP contribution is 2.14. The Morgan fingerprint density at radius 2 is 1.83 bits per heavy atom. The Balaban J connectivity index is 2.07. The molecule has 1 unspecified atom stereocenters. The summed E-state index contributed by atoms with van der Waals surface area (Å²) in [5, 5.41) is 3.19. The highest BCUT2D eigenvalue weighted by Gasteiger charge is 2.35. The van der Waals surface area contributed by atoms with E-state index in [2.05, 4.69) is 5.32 Å². The van der Waals surface area contributed by atoms with Crippen molar-refractivity contribution in [3.63, 3.8) is 0 Å². The fourth-order valence-electron chi connectivity index (χ4n) is 2.54. The highest BCUT2D eigenvalue weighted by atomic mass is 16.2. The third kappa shape index (κ3) is 2.58. The lowest BCUT2D eigenvalue weighted by Crippen LogP contribution is -2.61. The quantitative estimate of drug-likeness (QED) is 0.690. The summed E-state index contributed by atoms with van der Waals surface area (Å²) in [5.74, 6) is -0.00486. The molecule has 0 aromatic heterocycles. The predicted octanol–water partition coefficient (Wildman–Crippen LogP) is -0.436. The molecule has 3 amide bonds. The van der Waals surface area contributed by atoms with E-state index in [1.54, 1.807) is 23.9 Å². The lowest BCUT2D eigenvalue weighted by molar-refractivity contribution is -0.134. The van der Waals surface area contributed by atoms with Crippen molar-refractivity contribution < 1.29 is 9.59 Å². The first-order chi connectivity index (χ1) is 8.61. The van der Waals surface area contributed by atoms with Gasteiger partial charge in [0.25, 0.3) is 0 Å². The van der Waals surface area contributed by atoms with Crippen LogP contribution in [0.15, 0.2) is 0 Å². The van der Waals surface area contributed by atoms with Crippen LogP contribution in [0, 0.1) is 0 Å². The van der Waals surface area contributed by atoms with Gasteiger partial charge in [-0.2, -0.15) is 0 Å². The molecule has 18 heavy (non-hydrogen) atoms. The number of amides is 3. The molecule has 2 aliphatic rings. The van der Waals surface area contributed by atoms with Crippen molar-refractivity contribution in [1.29, 1.82) is 0 Å². The van der Waals surface area contributed by atoms with E-state index in [1.165, 1.54) is 0 Å². The Morgan fingerprint density at radius 1 is 1.17 bits per heavy atom. The molecule has 0 aromatic rings. The minimum Gasteiger partial charge on any atom is -0.347 e. The molecule has 2 saturated heterocycles. The van der Waals surface area contributed by atoms with Gasteiger partial charge < -0.3 is 20.0 Å². The molecule has 6 heteroatoms. The first-order valence-electron chi connectivity index (χ1n) is 6.58. The van der Waals surface area contributed by atoms with Crippen molar-refractivity contribution in [2.45, 2.75) is 18.9 Å². The third-order valence-electron chi connectivity index (χ3n) is 3.59. The number of carbonyl (C=O) groups excluding carboxylic acids is 2. The molecule has 0 bridgehead atoms. The van der Waals surface area contributed by atoms with Crippen molar-refractivity contribution in [3.8, 4) is 0 Å². The van der Waals surface area contributed by atoms with E-state index in [4.69, 9.17) is 0 Å². The number of urea groups is 1. The summed E-state index contributed by atoms with van der Waals surface area (Å²) in [4.78, 5) is 29.6. The smallest absolute Gasteiger partial charge is 0.320 e. The lowest BCUT2D eigenvalue weighted by atomic mass is 10.1. The van der Waals surface area contributed by atoms with Gasteiger partial charge in [-0.25, -0.2) is 4.79 Å². The number of nitrogens with one attached hydrogen (secondary N) is 1. The van der Waals surface area contributed by atoms with Gasteiger partial charge in [-0.3, -0.25) is 4.79 Å². The molecule has 0 radical (unpaired) electrons. The van der Waals surface area contributed by atoms with E-state index in [0.29, 0.717) is 13.1 Å². The van der Waals surface area contributed by atoms with Crippen LogP contribution in [0.3, 0.4) is 0 Å². The highest BCUT2D eigenvalue weighted by molar-refractivity contribution is 5.87. The zero-order valence-corrected chi connectivity index (χ0v) is 11.2. The van der Waals surface area contributed by atoms with E-state index in [0.717, 1.165) is 32.5 Å². The van der Waals surface area contributed by atoms with Crippen molar-refractivity contribution in [3.05, 3.63) is 0 Å². The number of rotatable bonds is 1. The Labute approximate surface area is 108 Å². The summed E-state index contributed by atoms with van der Waals surface area (Å²) >= 11 is 0. The van der Waals surface area contributed by atoms with Gasteiger partial charge in [0.1, 0.15) is 6.04 Å². The predicted molar refractivity (Wildman–Crippen MR) is 68.3 cm³/mol. The molecule has 0 saturated carbocycles. The molecule has 6 nitrogen and oxygen atoms in total. The number of carbonyl (C=O) groups is 2. The molecule has 0 spiro atoms. The first kappa shape index (κ1) is 13.1. The van der Waals surface area contributed by atoms with E-state index in [1.807, 2.05) is 4.90 Å². The van der Waals surface area contributed by atoms with Gasteiger partial charge in [-0.1, -0.05) is 0 Å². The molecular weight excluding hydrogens is 232 g/mol. The lowest BCUT2D eigenvalue weighted by Gasteiger charge is -2.38. The zero-order chi connectivity index (χ0) is 13.1. The summed E-state index contributed by atoms with van der Waals surface area (Å²) in [6.45, 7) is 3.57. The number of hydrogen-bond acceptors (Lipinski definition) is 3. The normalized spacial score (nSPS) is 24.2. The number of piperazine rings is 1. The van der Waals surface area contributed by atoms with Gasteiger partial charge in [0.2, 0.25) is 5.91 Å². The molecule has 1 atom stereocenters. The summed E-state index contributed by atoms with van der Waals surface area (Å²) in [7, 11) is 3.46. The maximum atomic E-state index is 12.4. The van der Waals surface area contributed by atoms with Gasteiger partial charge in [-0.05, 0) is 12.8 Å². The number of nitrogens with zero attached hydrogens (tertiary/aromatic N) is 3. The average Bonchev–Trinajstić information content (AvgIpc) is 2.90. The number of likely N-dealkylation sites (N-methyl/N-ethyl adjacent to an activating group) is 1. The molecular formula is C12H22N4O2. The second-order valence-corrected chi connectivity index (χ2v) is 5.12. The van der Waals surface area contributed by atoms with Crippen molar-refractivity contribution in [2.24, 2.45) is 0 Å². The van der Waals surface area contributed by atoms with Crippen LogP contribution in [0.1, 0.15) is 12.8 Å². The van der Waals surface area contributed by atoms with E-state index < -0.39 is 0 Å². The largest absolute Gasteiger partial charge is 0.347 e. The van der Waals surface area contributed by atoms with Crippen LogP contribution in [0.4, 0.5) is 4.79 Å². The van der Waals surface area contributed by atoms with Crippen LogP contribution in [-0.2, 0) is 4.79 Å². The Hall–Kier alpha value is -1.30. The Kier molecular flexibility index (Phi) is 4.06. The first-order valence-corrected chi connectivity index (χ1v) is 6.58. The Morgan fingerprint density at radius 3 is 2.44 bits per heavy atom. The minimum atomic E-state index is -0.359. The van der Waals surface area contributed by atoms with Crippen molar-refractivity contribution in [1.82, 2.24) is 20.0 Å². The molecule has 0 aromatic carbocycles. The summed E-state index contributed by atoms with van der Waals surface area (Å²) in [6.07, 6.45) is 2.15. The van der Waals surface area contributed by atoms with Crippen molar-refractivity contribution >= 4 is 11.9 Å². The van der Waals surface area contributed by atoms with Crippen LogP contribution in [0.5, 0.6) is 0 Å². The standard InChI is InChI=1S/C12H22N4O2/c1-14(2)11(17)10-9-13-5-8-16(10)12(18)15-6-3-4-7-15/h10,13H,3-9H2,1-2H3. The summed E-state index contributed by atoms with van der Waals surface area (Å²) in [6, 6.07) is -0.337. The minimum absolute atomic E-state index is 0.00486. The molecule has 2 rings (SSSR count). The number of likely N-dealkylation sites (tertiary alicyclic amines) is 1. The Bertz CT molecular complexity index is 326. The van der Waals surface area contributed by atoms with Crippen LogP contribution in [0.2, 0.25) is 0 Å². The average molecular weight is 254 g/mol. The molecule has 2 heterocycles. The van der Waals surface area contributed by atoms with E-state index in [9.17, 15) is 9.59 Å². The van der Waals surface area contributed by atoms with Gasteiger partial charge in [0, 0.05) is 46.8 Å². The second-order valence-electron chi connectivity index (χ2n) is 5.12. The summed E-state index contributed by atoms with van der Waals surface area (Å²) in [5.41, 5.74) is 0. The SMILES string of the molecule is CN(C)C(=O)C1CNCCN1C(=O)N1CCCC1. The molecule has 2 fully saturated rings. The summed E-state index contributed by atoms with van der Waals surface area (Å²) < 4.78 is 0. The topological polar surface area (TPSA) is 55.9 Å². The van der Waals surface area contributed by atoms with E-state index >= 15 is 0 Å². The fraction of sp³-hybridized carbons (Fsp3) is 0.833.